The van der Waals surface area contributed by atoms with E-state index in [4.69, 9.17) is 4.42 Å². The number of aromatic nitrogens is 2. The Bertz CT molecular complexity index is 1210. The maximum Gasteiger partial charge on any atom is 0.265 e. The van der Waals surface area contributed by atoms with Crippen molar-refractivity contribution in [1.82, 2.24) is 9.55 Å². The zero-order valence-electron chi connectivity index (χ0n) is 15.2. The van der Waals surface area contributed by atoms with E-state index in [2.05, 4.69) is 4.98 Å². The lowest BCUT2D eigenvalue weighted by atomic mass is 10.1. The van der Waals surface area contributed by atoms with Crippen molar-refractivity contribution in [3.63, 3.8) is 0 Å². The van der Waals surface area contributed by atoms with Gasteiger partial charge in [0.05, 0.1) is 12.1 Å². The molecule has 4 rings (SSSR count). The summed E-state index contributed by atoms with van der Waals surface area (Å²) in [7, 11) is 1.56. The van der Waals surface area contributed by atoms with Gasteiger partial charge in [0.25, 0.3) is 11.5 Å². The molecular formula is C20H16FN3O3S. The molecule has 3 heterocycles. The first-order chi connectivity index (χ1) is 13.5. The van der Waals surface area contributed by atoms with Crippen LogP contribution in [0, 0.1) is 12.7 Å². The molecular weight excluding hydrogens is 381 g/mol. The number of hydrogen-bond donors (Lipinski definition) is 0. The monoisotopic (exact) mass is 397 g/mol. The first-order valence-corrected chi connectivity index (χ1v) is 9.38. The van der Waals surface area contributed by atoms with E-state index in [1.807, 2.05) is 17.5 Å². The Morgan fingerprint density at radius 3 is 2.71 bits per heavy atom. The van der Waals surface area contributed by atoms with Gasteiger partial charge < -0.3 is 13.9 Å². The molecule has 0 fully saturated rings. The quantitative estimate of drug-likeness (QED) is 0.524. The van der Waals surface area contributed by atoms with Gasteiger partial charge in [0.1, 0.15) is 23.3 Å². The Morgan fingerprint density at radius 1 is 1.29 bits per heavy atom. The number of hydrogen-bond acceptors (Lipinski definition) is 5. The molecule has 1 amide bonds. The number of halogens is 1. The van der Waals surface area contributed by atoms with Gasteiger partial charge in [-0.3, -0.25) is 9.59 Å². The van der Waals surface area contributed by atoms with Crippen LogP contribution in [0.15, 0.2) is 57.3 Å². The highest BCUT2D eigenvalue weighted by Crippen LogP contribution is 2.27. The molecule has 0 aliphatic rings. The lowest BCUT2D eigenvalue weighted by Gasteiger charge is -2.22. The van der Waals surface area contributed by atoms with Crippen molar-refractivity contribution in [2.45, 2.75) is 13.5 Å². The second-order valence-corrected chi connectivity index (χ2v) is 7.35. The molecule has 0 aliphatic carbocycles. The van der Waals surface area contributed by atoms with Gasteiger partial charge in [0.15, 0.2) is 0 Å². The Hall–Kier alpha value is -3.26. The number of nitrogens with zero attached hydrogens (tertiary/aromatic N) is 3. The summed E-state index contributed by atoms with van der Waals surface area (Å²) < 4.78 is 20.3. The summed E-state index contributed by atoms with van der Waals surface area (Å²) in [6.45, 7) is 1.91. The molecule has 0 saturated carbocycles. The predicted octanol–water partition coefficient (Wildman–Crippen LogP) is 3.88. The molecule has 28 heavy (non-hydrogen) atoms. The summed E-state index contributed by atoms with van der Waals surface area (Å²) in [5.74, 6) is -0.481. The Morgan fingerprint density at radius 2 is 2.04 bits per heavy atom. The molecule has 0 atom stereocenters. The van der Waals surface area contributed by atoms with E-state index in [-0.39, 0.29) is 28.8 Å². The van der Waals surface area contributed by atoms with Crippen LogP contribution in [0.3, 0.4) is 0 Å². The van der Waals surface area contributed by atoms with E-state index in [0.717, 1.165) is 4.88 Å². The highest BCUT2D eigenvalue weighted by atomic mass is 32.1. The maximum atomic E-state index is 13.5. The molecule has 0 unspecified atom stereocenters. The third-order valence-electron chi connectivity index (χ3n) is 4.44. The number of carbonyl (C=O) groups is 1. The normalized spacial score (nSPS) is 11.1. The van der Waals surface area contributed by atoms with Crippen molar-refractivity contribution in [1.29, 1.82) is 0 Å². The largest absolute Gasteiger partial charge is 0.442 e. The van der Waals surface area contributed by atoms with Crippen LogP contribution in [-0.2, 0) is 13.6 Å². The van der Waals surface area contributed by atoms with Crippen LogP contribution < -0.4 is 10.5 Å². The summed E-state index contributed by atoms with van der Waals surface area (Å²) in [5.41, 5.74) is 0.457. The van der Waals surface area contributed by atoms with Crippen LogP contribution >= 0.6 is 11.3 Å². The number of amides is 1. The second-order valence-electron chi connectivity index (χ2n) is 6.32. The molecule has 3 aromatic heterocycles. The molecule has 0 N–H and O–H groups in total. The first-order valence-electron chi connectivity index (χ1n) is 8.50. The van der Waals surface area contributed by atoms with Gasteiger partial charge in [-0.25, -0.2) is 9.37 Å². The van der Waals surface area contributed by atoms with Crippen LogP contribution in [0.1, 0.15) is 21.0 Å². The zero-order chi connectivity index (χ0) is 19.8. The number of aryl methyl sites for hydroxylation is 2. The number of thiophene rings is 1. The smallest absolute Gasteiger partial charge is 0.265 e. The molecule has 6 nitrogen and oxygen atoms in total. The van der Waals surface area contributed by atoms with Crippen molar-refractivity contribution in [2.75, 3.05) is 4.90 Å². The molecule has 4 aromatic rings. The molecule has 0 aliphatic heterocycles. The first kappa shape index (κ1) is 18.1. The van der Waals surface area contributed by atoms with Crippen molar-refractivity contribution in [2.24, 2.45) is 7.05 Å². The van der Waals surface area contributed by atoms with Gasteiger partial charge in [-0.2, -0.15) is 0 Å². The van der Waals surface area contributed by atoms with Crippen LogP contribution in [0.4, 0.5) is 10.1 Å². The second kappa shape index (κ2) is 7.05. The topological polar surface area (TPSA) is 68.3 Å². The molecule has 0 spiro atoms. The van der Waals surface area contributed by atoms with Crippen molar-refractivity contribution >= 4 is 34.0 Å². The Balaban J connectivity index is 1.87. The molecule has 0 radical (unpaired) electrons. The molecule has 142 valence electrons. The third kappa shape index (κ3) is 3.11. The number of anilines is 1. The zero-order valence-corrected chi connectivity index (χ0v) is 16.0. The van der Waals surface area contributed by atoms with Crippen LogP contribution in [0.25, 0.3) is 11.1 Å². The van der Waals surface area contributed by atoms with E-state index >= 15 is 0 Å². The standard InChI is InChI=1S/C20H16FN3O3S/c1-12-16(17-18(27-12)22-11-23(2)19(17)25)20(26)24(10-15-4-3-9-28-15)14-7-5-13(21)6-8-14/h3-9,11H,10H2,1-2H3. The van der Waals surface area contributed by atoms with Gasteiger partial charge >= 0.3 is 0 Å². The number of rotatable bonds is 4. The minimum atomic E-state index is -0.402. The predicted molar refractivity (Wildman–Crippen MR) is 105 cm³/mol. The number of carbonyl (C=O) groups excluding carboxylic acids is 1. The minimum Gasteiger partial charge on any atom is -0.442 e. The fourth-order valence-corrected chi connectivity index (χ4v) is 3.73. The highest BCUT2D eigenvalue weighted by molar-refractivity contribution is 7.09. The average Bonchev–Trinajstić information content (AvgIpc) is 3.30. The van der Waals surface area contributed by atoms with E-state index in [1.54, 1.807) is 14.0 Å². The Kier molecular flexibility index (Phi) is 4.56. The summed E-state index contributed by atoms with van der Waals surface area (Å²) in [4.78, 5) is 32.7. The summed E-state index contributed by atoms with van der Waals surface area (Å²) in [6.07, 6.45) is 1.35. The van der Waals surface area contributed by atoms with E-state index in [1.165, 1.54) is 51.4 Å². The van der Waals surface area contributed by atoms with Gasteiger partial charge in [-0.1, -0.05) is 6.07 Å². The highest BCUT2D eigenvalue weighted by Gasteiger charge is 2.27. The lowest BCUT2D eigenvalue weighted by molar-refractivity contribution is 0.0985. The molecule has 0 bridgehead atoms. The maximum absolute atomic E-state index is 13.5. The SMILES string of the molecule is Cc1oc2ncn(C)c(=O)c2c1C(=O)N(Cc1cccs1)c1ccc(F)cc1. The lowest BCUT2D eigenvalue weighted by Crippen LogP contribution is -2.31. The van der Waals surface area contributed by atoms with Gasteiger partial charge in [0, 0.05) is 17.6 Å². The van der Waals surface area contributed by atoms with Crippen LogP contribution in [0.5, 0.6) is 0 Å². The van der Waals surface area contributed by atoms with Gasteiger partial charge in [-0.15, -0.1) is 11.3 Å². The summed E-state index contributed by atoms with van der Waals surface area (Å²) in [5, 5.41) is 2.06. The molecule has 1 aromatic carbocycles. The van der Waals surface area contributed by atoms with Gasteiger partial charge in [-0.05, 0) is 42.6 Å². The number of fused-ring (bicyclic) bond motifs is 1. The Labute approximate surface area is 163 Å². The number of furan rings is 1. The van der Waals surface area contributed by atoms with Crippen LogP contribution in [-0.4, -0.2) is 15.5 Å². The van der Waals surface area contributed by atoms with Gasteiger partial charge in [0.2, 0.25) is 5.71 Å². The summed E-state index contributed by atoms with van der Waals surface area (Å²) in [6, 6.07) is 9.47. The van der Waals surface area contributed by atoms with E-state index in [0.29, 0.717) is 11.4 Å². The average molecular weight is 397 g/mol. The van der Waals surface area contributed by atoms with E-state index in [9.17, 15) is 14.0 Å². The minimum absolute atomic E-state index is 0.124. The molecule has 8 heteroatoms. The fourth-order valence-electron chi connectivity index (χ4n) is 3.04. The fraction of sp³-hybridized carbons (Fsp3) is 0.150. The molecule has 0 saturated heterocycles. The van der Waals surface area contributed by atoms with Crippen molar-refractivity contribution in [3.05, 3.63) is 80.5 Å². The van der Waals surface area contributed by atoms with E-state index < -0.39 is 11.7 Å². The number of benzene rings is 1. The summed E-state index contributed by atoms with van der Waals surface area (Å²) >= 11 is 1.51. The van der Waals surface area contributed by atoms with Crippen molar-refractivity contribution in [3.8, 4) is 0 Å². The van der Waals surface area contributed by atoms with Crippen LogP contribution in [0.2, 0.25) is 0 Å². The third-order valence-corrected chi connectivity index (χ3v) is 5.30. The van der Waals surface area contributed by atoms with Crippen molar-refractivity contribution < 1.29 is 13.6 Å².